The first-order chi connectivity index (χ1) is 8.36. The van der Waals surface area contributed by atoms with Gasteiger partial charge in [-0.2, -0.15) is 4.98 Å². The van der Waals surface area contributed by atoms with Crippen molar-refractivity contribution in [2.24, 2.45) is 5.73 Å². The van der Waals surface area contributed by atoms with Crippen LogP contribution < -0.4 is 10.5 Å². The predicted octanol–water partition coefficient (Wildman–Crippen LogP) is 1.25. The van der Waals surface area contributed by atoms with E-state index >= 15 is 0 Å². The monoisotopic (exact) mass is 231 g/mol. The summed E-state index contributed by atoms with van der Waals surface area (Å²) >= 11 is 0. The Labute approximate surface area is 98.6 Å². The molecule has 17 heavy (non-hydrogen) atoms. The van der Waals surface area contributed by atoms with E-state index in [0.29, 0.717) is 24.9 Å². The molecule has 1 aromatic heterocycles. The second-order valence-electron chi connectivity index (χ2n) is 4.07. The number of hydrogen-bond acceptors (Lipinski definition) is 5. The van der Waals surface area contributed by atoms with Crippen LogP contribution in [0.2, 0.25) is 0 Å². The lowest BCUT2D eigenvalue weighted by molar-refractivity contribution is 0.230. The van der Waals surface area contributed by atoms with Gasteiger partial charge in [-0.1, -0.05) is 23.4 Å². The summed E-state index contributed by atoms with van der Waals surface area (Å²) in [5.74, 6) is 2.22. The van der Waals surface area contributed by atoms with Gasteiger partial charge in [0, 0.05) is 0 Å². The number of ether oxygens (including phenoxy) is 1. The molecule has 0 aliphatic carbocycles. The molecule has 0 bridgehead atoms. The minimum absolute atomic E-state index is 0.123. The smallest absolute Gasteiger partial charge is 0.233 e. The number of benzene rings is 1. The molecule has 5 nitrogen and oxygen atoms in total. The molecular formula is C12H13N3O2. The minimum Gasteiger partial charge on any atom is -0.492 e. The summed E-state index contributed by atoms with van der Waals surface area (Å²) in [4.78, 5) is 4.24. The first-order valence-electron chi connectivity index (χ1n) is 5.60. The molecule has 1 atom stereocenters. The minimum atomic E-state index is 0.123. The van der Waals surface area contributed by atoms with Gasteiger partial charge < -0.3 is 15.0 Å². The highest BCUT2D eigenvalue weighted by Gasteiger charge is 2.25. The maximum Gasteiger partial charge on any atom is 0.233 e. The van der Waals surface area contributed by atoms with E-state index in [2.05, 4.69) is 16.2 Å². The van der Waals surface area contributed by atoms with Crippen LogP contribution in [0, 0.1) is 0 Å². The van der Waals surface area contributed by atoms with Gasteiger partial charge in [0.15, 0.2) is 5.82 Å². The number of para-hydroxylation sites is 1. The highest BCUT2D eigenvalue weighted by atomic mass is 16.5. The van der Waals surface area contributed by atoms with Crippen molar-refractivity contribution in [2.45, 2.75) is 18.9 Å². The lowest BCUT2D eigenvalue weighted by Crippen LogP contribution is -2.19. The Morgan fingerprint density at radius 1 is 1.35 bits per heavy atom. The van der Waals surface area contributed by atoms with Gasteiger partial charge in [-0.15, -0.1) is 0 Å². The molecule has 88 valence electrons. The Balaban J connectivity index is 1.84. The summed E-state index contributed by atoms with van der Waals surface area (Å²) in [6, 6.07) is 8.01. The number of aromatic nitrogens is 2. The van der Waals surface area contributed by atoms with E-state index in [1.54, 1.807) is 0 Å². The fraction of sp³-hybridized carbons (Fsp3) is 0.333. The molecule has 1 aliphatic rings. The molecule has 2 heterocycles. The summed E-state index contributed by atoms with van der Waals surface area (Å²) in [5, 5.41) is 3.80. The summed E-state index contributed by atoms with van der Waals surface area (Å²) in [7, 11) is 0. The normalized spacial score (nSPS) is 18.5. The van der Waals surface area contributed by atoms with Crippen molar-refractivity contribution in [1.29, 1.82) is 0 Å². The van der Waals surface area contributed by atoms with Crippen molar-refractivity contribution in [3.8, 4) is 5.75 Å². The fourth-order valence-corrected chi connectivity index (χ4v) is 2.00. The lowest BCUT2D eigenvalue weighted by atomic mass is 9.97. The molecule has 0 fully saturated rings. The van der Waals surface area contributed by atoms with Crippen LogP contribution in [0.1, 0.15) is 23.2 Å². The zero-order valence-electron chi connectivity index (χ0n) is 9.30. The first kappa shape index (κ1) is 10.3. The van der Waals surface area contributed by atoms with Crippen LogP contribution in [-0.2, 0) is 13.0 Å². The standard InChI is InChI=1S/C12H13N3O2/c13-6-11-14-12(17-15-11)9-5-8-3-1-2-4-10(8)16-7-9/h1-4,9H,5-7,13H2. The Bertz CT molecular complexity index is 524. The molecule has 0 saturated heterocycles. The van der Waals surface area contributed by atoms with Gasteiger partial charge in [-0.3, -0.25) is 0 Å². The average Bonchev–Trinajstić information content (AvgIpc) is 2.87. The first-order valence-corrected chi connectivity index (χ1v) is 5.60. The summed E-state index contributed by atoms with van der Waals surface area (Å²) < 4.78 is 10.9. The van der Waals surface area contributed by atoms with Gasteiger partial charge in [0.25, 0.3) is 0 Å². The summed E-state index contributed by atoms with van der Waals surface area (Å²) in [5.41, 5.74) is 6.63. The van der Waals surface area contributed by atoms with E-state index in [9.17, 15) is 0 Å². The number of rotatable bonds is 2. The largest absolute Gasteiger partial charge is 0.492 e. The van der Waals surface area contributed by atoms with Crippen LogP contribution >= 0.6 is 0 Å². The molecule has 2 N–H and O–H groups in total. The summed E-state index contributed by atoms with van der Waals surface area (Å²) in [6.07, 6.45) is 0.863. The van der Waals surface area contributed by atoms with Gasteiger partial charge in [0.05, 0.1) is 12.5 Å². The third-order valence-electron chi connectivity index (χ3n) is 2.89. The Morgan fingerprint density at radius 3 is 3.06 bits per heavy atom. The van der Waals surface area contributed by atoms with E-state index in [1.165, 1.54) is 5.56 Å². The van der Waals surface area contributed by atoms with E-state index in [-0.39, 0.29) is 5.92 Å². The highest BCUT2D eigenvalue weighted by molar-refractivity contribution is 5.36. The van der Waals surface area contributed by atoms with Gasteiger partial charge in [-0.25, -0.2) is 0 Å². The average molecular weight is 231 g/mol. The molecule has 1 aromatic carbocycles. The van der Waals surface area contributed by atoms with Crippen LogP contribution in [-0.4, -0.2) is 16.7 Å². The number of nitrogens with two attached hydrogens (primary N) is 1. The van der Waals surface area contributed by atoms with E-state index in [1.807, 2.05) is 18.2 Å². The molecule has 1 unspecified atom stereocenters. The van der Waals surface area contributed by atoms with Crippen molar-refractivity contribution in [3.05, 3.63) is 41.5 Å². The maximum absolute atomic E-state index is 5.67. The van der Waals surface area contributed by atoms with Crippen molar-refractivity contribution in [3.63, 3.8) is 0 Å². The molecule has 2 aromatic rings. The van der Waals surface area contributed by atoms with E-state index < -0.39 is 0 Å². The van der Waals surface area contributed by atoms with Crippen molar-refractivity contribution < 1.29 is 9.26 Å². The predicted molar refractivity (Wildman–Crippen MR) is 60.6 cm³/mol. The highest BCUT2D eigenvalue weighted by Crippen LogP contribution is 2.31. The van der Waals surface area contributed by atoms with Crippen LogP contribution in [0.25, 0.3) is 0 Å². The zero-order chi connectivity index (χ0) is 11.7. The molecule has 5 heteroatoms. The van der Waals surface area contributed by atoms with Gasteiger partial charge in [-0.05, 0) is 18.1 Å². The maximum atomic E-state index is 5.67. The fourth-order valence-electron chi connectivity index (χ4n) is 2.00. The summed E-state index contributed by atoms with van der Waals surface area (Å²) in [6.45, 7) is 0.872. The number of nitrogens with zero attached hydrogens (tertiary/aromatic N) is 2. The second-order valence-corrected chi connectivity index (χ2v) is 4.07. The zero-order valence-corrected chi connectivity index (χ0v) is 9.30. The van der Waals surface area contributed by atoms with Gasteiger partial charge >= 0.3 is 0 Å². The molecule has 0 amide bonds. The Hall–Kier alpha value is -1.88. The Kier molecular flexibility index (Phi) is 2.53. The van der Waals surface area contributed by atoms with Crippen molar-refractivity contribution in [1.82, 2.24) is 10.1 Å². The lowest BCUT2D eigenvalue weighted by Gasteiger charge is -2.22. The van der Waals surface area contributed by atoms with Crippen molar-refractivity contribution >= 4 is 0 Å². The van der Waals surface area contributed by atoms with Gasteiger partial charge in [0.1, 0.15) is 12.4 Å². The second kappa shape index (κ2) is 4.18. The van der Waals surface area contributed by atoms with Crippen LogP contribution in [0.3, 0.4) is 0 Å². The molecular weight excluding hydrogens is 218 g/mol. The van der Waals surface area contributed by atoms with Crippen LogP contribution in [0.4, 0.5) is 0 Å². The topological polar surface area (TPSA) is 74.2 Å². The quantitative estimate of drug-likeness (QED) is 0.841. The van der Waals surface area contributed by atoms with Gasteiger partial charge in [0.2, 0.25) is 5.89 Å². The molecule has 1 aliphatic heterocycles. The molecule has 0 radical (unpaired) electrons. The molecule has 0 saturated carbocycles. The molecule has 3 rings (SSSR count). The third-order valence-corrected chi connectivity index (χ3v) is 2.89. The van der Waals surface area contributed by atoms with E-state index in [4.69, 9.17) is 15.0 Å². The number of hydrogen-bond donors (Lipinski definition) is 1. The Morgan fingerprint density at radius 2 is 2.24 bits per heavy atom. The van der Waals surface area contributed by atoms with E-state index in [0.717, 1.165) is 12.2 Å². The number of fused-ring (bicyclic) bond motifs is 1. The van der Waals surface area contributed by atoms with Crippen molar-refractivity contribution in [2.75, 3.05) is 6.61 Å². The van der Waals surface area contributed by atoms with Crippen LogP contribution in [0.15, 0.2) is 28.8 Å². The third kappa shape index (κ3) is 1.89. The van der Waals surface area contributed by atoms with Crippen LogP contribution in [0.5, 0.6) is 5.75 Å². The SMILES string of the molecule is NCc1noc(C2COc3ccccc3C2)n1. The molecule has 0 spiro atoms.